The van der Waals surface area contributed by atoms with Crippen LogP contribution in [0.5, 0.6) is 5.75 Å². The minimum absolute atomic E-state index is 0.128. The third kappa shape index (κ3) is 2.63. The number of ketones is 1. The number of hydrogen-bond acceptors (Lipinski definition) is 3. The zero-order chi connectivity index (χ0) is 13.9. The fourth-order valence-electron chi connectivity index (χ4n) is 2.72. The number of ether oxygens (including phenoxy) is 2. The number of benzene rings is 1. The van der Waals surface area contributed by atoms with E-state index in [1.807, 2.05) is 0 Å². The molecule has 1 aromatic rings. The molecule has 0 saturated heterocycles. The lowest BCUT2D eigenvalue weighted by Crippen LogP contribution is -2.42. The van der Waals surface area contributed by atoms with E-state index in [4.69, 9.17) is 9.47 Å². The molecule has 0 atom stereocenters. The van der Waals surface area contributed by atoms with Gasteiger partial charge in [0.05, 0.1) is 7.11 Å². The summed E-state index contributed by atoms with van der Waals surface area (Å²) < 4.78 is 24.0. The van der Waals surface area contributed by atoms with Gasteiger partial charge in [-0.1, -0.05) is 19.3 Å². The Balaban J connectivity index is 2.29. The first kappa shape index (κ1) is 14.0. The van der Waals surface area contributed by atoms with Gasteiger partial charge in [0.1, 0.15) is 5.60 Å². The van der Waals surface area contributed by atoms with E-state index in [0.717, 1.165) is 19.3 Å². The van der Waals surface area contributed by atoms with Crippen molar-refractivity contribution >= 4 is 5.78 Å². The maximum Gasteiger partial charge on any atom is 0.194 e. The van der Waals surface area contributed by atoms with Gasteiger partial charge in [-0.3, -0.25) is 4.79 Å². The highest BCUT2D eigenvalue weighted by Crippen LogP contribution is 2.34. The number of rotatable bonds is 4. The summed E-state index contributed by atoms with van der Waals surface area (Å²) in [5.41, 5.74) is -0.429. The number of Topliss-reactive ketones (excluding diaryl/α,β-unsaturated/α-hetero) is 1. The molecule has 0 amide bonds. The van der Waals surface area contributed by atoms with Crippen LogP contribution in [-0.2, 0) is 4.74 Å². The molecule has 1 aliphatic rings. The lowest BCUT2D eigenvalue weighted by Gasteiger charge is -2.34. The van der Waals surface area contributed by atoms with Crippen molar-refractivity contribution in [2.45, 2.75) is 37.7 Å². The molecule has 2 rings (SSSR count). The average Bonchev–Trinajstić information content (AvgIpc) is 2.47. The highest BCUT2D eigenvalue weighted by atomic mass is 19.1. The summed E-state index contributed by atoms with van der Waals surface area (Å²) in [7, 11) is 2.96. The molecule has 0 unspecified atom stereocenters. The molecule has 0 aromatic heterocycles. The Morgan fingerprint density at radius 3 is 2.42 bits per heavy atom. The zero-order valence-corrected chi connectivity index (χ0v) is 11.4. The monoisotopic (exact) mass is 266 g/mol. The smallest absolute Gasteiger partial charge is 0.194 e. The second-order valence-corrected chi connectivity index (χ2v) is 4.94. The quantitative estimate of drug-likeness (QED) is 0.784. The van der Waals surface area contributed by atoms with Gasteiger partial charge in [-0.15, -0.1) is 0 Å². The van der Waals surface area contributed by atoms with Crippen molar-refractivity contribution in [1.82, 2.24) is 0 Å². The van der Waals surface area contributed by atoms with Crippen molar-refractivity contribution in [3.05, 3.63) is 29.6 Å². The largest absolute Gasteiger partial charge is 0.494 e. The SMILES string of the molecule is COc1ccc(C(=O)C2(OC)CCCCC2)cc1F. The van der Waals surface area contributed by atoms with E-state index in [0.29, 0.717) is 18.4 Å². The molecule has 0 N–H and O–H groups in total. The fourth-order valence-corrected chi connectivity index (χ4v) is 2.72. The second-order valence-electron chi connectivity index (χ2n) is 4.94. The Kier molecular flexibility index (Phi) is 4.20. The lowest BCUT2D eigenvalue weighted by atomic mass is 9.79. The van der Waals surface area contributed by atoms with Crippen molar-refractivity contribution in [2.24, 2.45) is 0 Å². The summed E-state index contributed by atoms with van der Waals surface area (Å²) in [5, 5.41) is 0. The van der Waals surface area contributed by atoms with E-state index in [1.54, 1.807) is 13.2 Å². The van der Waals surface area contributed by atoms with Crippen molar-refractivity contribution in [3.63, 3.8) is 0 Å². The van der Waals surface area contributed by atoms with Crippen molar-refractivity contribution in [3.8, 4) is 5.75 Å². The summed E-state index contributed by atoms with van der Waals surface area (Å²) in [4.78, 5) is 12.6. The van der Waals surface area contributed by atoms with Crippen LogP contribution in [0, 0.1) is 5.82 Å². The Labute approximate surface area is 112 Å². The number of hydrogen-bond donors (Lipinski definition) is 0. The minimum Gasteiger partial charge on any atom is -0.494 e. The molecule has 19 heavy (non-hydrogen) atoms. The molecule has 1 aromatic carbocycles. The van der Waals surface area contributed by atoms with Crippen LogP contribution in [0.15, 0.2) is 18.2 Å². The van der Waals surface area contributed by atoms with Gasteiger partial charge in [0.15, 0.2) is 17.3 Å². The topological polar surface area (TPSA) is 35.5 Å². The number of carbonyl (C=O) groups is 1. The number of halogens is 1. The highest BCUT2D eigenvalue weighted by molar-refractivity contribution is 6.02. The zero-order valence-electron chi connectivity index (χ0n) is 11.4. The first-order valence-electron chi connectivity index (χ1n) is 6.56. The Bertz CT molecular complexity index is 464. The van der Waals surface area contributed by atoms with Gasteiger partial charge in [0.2, 0.25) is 0 Å². The van der Waals surface area contributed by atoms with Gasteiger partial charge in [-0.05, 0) is 31.0 Å². The third-order valence-electron chi connectivity index (χ3n) is 3.88. The molecular weight excluding hydrogens is 247 g/mol. The molecule has 1 saturated carbocycles. The summed E-state index contributed by atoms with van der Waals surface area (Å²) in [6, 6.07) is 4.31. The van der Waals surface area contributed by atoms with Crippen LogP contribution in [0.4, 0.5) is 4.39 Å². The molecule has 3 nitrogen and oxygen atoms in total. The molecule has 104 valence electrons. The summed E-state index contributed by atoms with van der Waals surface area (Å²) in [6.07, 6.45) is 4.47. The van der Waals surface area contributed by atoms with Crippen LogP contribution >= 0.6 is 0 Å². The summed E-state index contributed by atoms with van der Waals surface area (Å²) in [6.45, 7) is 0. The fraction of sp³-hybridized carbons (Fsp3) is 0.533. The van der Waals surface area contributed by atoms with Gasteiger partial charge in [-0.2, -0.15) is 0 Å². The van der Waals surface area contributed by atoms with Crippen LogP contribution in [0.3, 0.4) is 0 Å². The van der Waals surface area contributed by atoms with E-state index in [2.05, 4.69) is 0 Å². The van der Waals surface area contributed by atoms with E-state index < -0.39 is 11.4 Å². The minimum atomic E-state index is -0.778. The summed E-state index contributed by atoms with van der Waals surface area (Å²) in [5.74, 6) is -0.502. The van der Waals surface area contributed by atoms with Gasteiger partial charge in [0, 0.05) is 12.7 Å². The Morgan fingerprint density at radius 1 is 1.21 bits per heavy atom. The third-order valence-corrected chi connectivity index (χ3v) is 3.88. The molecule has 0 spiro atoms. The Hall–Kier alpha value is -1.42. The molecule has 1 aliphatic carbocycles. The van der Waals surface area contributed by atoms with Crippen LogP contribution < -0.4 is 4.74 Å². The number of carbonyl (C=O) groups excluding carboxylic acids is 1. The van der Waals surface area contributed by atoms with E-state index in [9.17, 15) is 9.18 Å². The standard InChI is InChI=1S/C15H19FO3/c1-18-13-7-6-11(10-12(13)16)14(17)15(19-2)8-4-3-5-9-15/h6-7,10H,3-5,8-9H2,1-2H3. The van der Waals surface area contributed by atoms with Crippen LogP contribution in [0.25, 0.3) is 0 Å². The molecule has 0 aliphatic heterocycles. The average molecular weight is 266 g/mol. The highest BCUT2D eigenvalue weighted by Gasteiger charge is 2.40. The molecule has 1 fully saturated rings. The molecule has 0 radical (unpaired) electrons. The Morgan fingerprint density at radius 2 is 1.89 bits per heavy atom. The van der Waals surface area contributed by atoms with Gasteiger partial charge >= 0.3 is 0 Å². The predicted octanol–water partition coefficient (Wildman–Crippen LogP) is 3.37. The first-order valence-corrected chi connectivity index (χ1v) is 6.56. The van der Waals surface area contributed by atoms with Gasteiger partial charge in [0.25, 0.3) is 0 Å². The number of methoxy groups -OCH3 is 2. The van der Waals surface area contributed by atoms with Crippen molar-refractivity contribution in [2.75, 3.05) is 14.2 Å². The van der Waals surface area contributed by atoms with E-state index >= 15 is 0 Å². The maximum absolute atomic E-state index is 13.7. The molecule has 0 heterocycles. The lowest BCUT2D eigenvalue weighted by molar-refractivity contribution is -0.0194. The van der Waals surface area contributed by atoms with Crippen molar-refractivity contribution < 1.29 is 18.7 Å². The first-order chi connectivity index (χ1) is 9.13. The second kappa shape index (κ2) is 5.70. The van der Waals surface area contributed by atoms with E-state index in [1.165, 1.54) is 19.2 Å². The maximum atomic E-state index is 13.7. The molecular formula is C15H19FO3. The summed E-state index contributed by atoms with van der Waals surface area (Å²) >= 11 is 0. The van der Waals surface area contributed by atoms with E-state index in [-0.39, 0.29) is 11.5 Å². The van der Waals surface area contributed by atoms with Crippen LogP contribution in [0.1, 0.15) is 42.5 Å². The molecule has 0 bridgehead atoms. The van der Waals surface area contributed by atoms with Gasteiger partial charge < -0.3 is 9.47 Å². The van der Waals surface area contributed by atoms with Gasteiger partial charge in [-0.25, -0.2) is 4.39 Å². The van der Waals surface area contributed by atoms with Crippen molar-refractivity contribution in [1.29, 1.82) is 0 Å². The molecule has 4 heteroatoms. The van der Waals surface area contributed by atoms with Crippen LogP contribution in [-0.4, -0.2) is 25.6 Å². The normalized spacial score (nSPS) is 18.1. The predicted molar refractivity (Wildman–Crippen MR) is 70.1 cm³/mol. The van der Waals surface area contributed by atoms with Crippen LogP contribution in [0.2, 0.25) is 0 Å².